The molecule has 1 aliphatic heterocycles. The highest BCUT2D eigenvalue weighted by Crippen LogP contribution is 2.38. The highest BCUT2D eigenvalue weighted by molar-refractivity contribution is 7.09. The molecule has 4 rings (SSSR count). The molecular weight excluding hydrogens is 489 g/mol. The third kappa shape index (κ3) is 5.29. The number of rotatable bonds is 7. The number of likely N-dealkylation sites (tertiary alicyclic amines) is 1. The van der Waals surface area contributed by atoms with E-state index in [2.05, 4.69) is 73.1 Å². The number of quaternary nitrogens is 1. The van der Waals surface area contributed by atoms with Crippen LogP contribution in [0.4, 0.5) is 0 Å². The summed E-state index contributed by atoms with van der Waals surface area (Å²) in [5.41, 5.74) is 1.68. The fourth-order valence-corrected chi connectivity index (χ4v) is 5.97. The second kappa shape index (κ2) is 9.73. The molecule has 0 bridgehead atoms. The first kappa shape index (κ1) is 22.5. The van der Waals surface area contributed by atoms with Gasteiger partial charge in [0.2, 0.25) is 0 Å². The topological polar surface area (TPSA) is 20.2 Å². The highest BCUT2D eigenvalue weighted by Gasteiger charge is 2.51. The summed E-state index contributed by atoms with van der Waals surface area (Å²) in [7, 11) is 2.35. The summed E-state index contributed by atoms with van der Waals surface area (Å²) in [4.78, 5) is 1.41. The molecule has 1 N–H and O–H groups in total. The molecule has 0 aliphatic carbocycles. The van der Waals surface area contributed by atoms with Crippen LogP contribution in [0.2, 0.25) is 0 Å². The molecule has 1 fully saturated rings. The number of thiophene rings is 1. The van der Waals surface area contributed by atoms with Gasteiger partial charge >= 0.3 is 0 Å². The molecule has 1 aliphatic rings. The number of nitrogens with zero attached hydrogens (tertiary/aromatic N) is 1. The van der Waals surface area contributed by atoms with Gasteiger partial charge in [0.05, 0.1) is 18.5 Å². The van der Waals surface area contributed by atoms with E-state index in [4.69, 9.17) is 0 Å². The van der Waals surface area contributed by atoms with Crippen molar-refractivity contribution in [3.05, 3.63) is 94.2 Å². The van der Waals surface area contributed by atoms with Crippen LogP contribution in [0.1, 0.15) is 28.8 Å². The van der Waals surface area contributed by atoms with E-state index in [0.29, 0.717) is 12.8 Å². The predicted molar refractivity (Wildman–Crippen MR) is 117 cm³/mol. The van der Waals surface area contributed by atoms with Crippen LogP contribution in [0.5, 0.6) is 0 Å². The highest BCUT2D eigenvalue weighted by atomic mass is 127. The Bertz CT molecular complexity index is 827. The Labute approximate surface area is 195 Å². The number of hydrogen-bond acceptors (Lipinski definition) is 2. The maximum Gasteiger partial charge on any atom is 0.124 e. The number of benzene rings is 2. The third-order valence-corrected chi connectivity index (χ3v) is 7.18. The Morgan fingerprint density at radius 3 is 2.03 bits per heavy atom. The molecule has 4 heteroatoms. The van der Waals surface area contributed by atoms with Crippen LogP contribution in [-0.2, 0) is 19.4 Å². The molecule has 2 atom stereocenters. The largest absolute Gasteiger partial charge is 1.00 e. The smallest absolute Gasteiger partial charge is 0.124 e. The van der Waals surface area contributed by atoms with E-state index in [1.807, 2.05) is 23.5 Å². The second-order valence-corrected chi connectivity index (χ2v) is 9.56. The van der Waals surface area contributed by atoms with E-state index in [9.17, 15) is 5.11 Å². The van der Waals surface area contributed by atoms with E-state index in [1.54, 1.807) is 0 Å². The minimum atomic E-state index is -0.759. The first-order valence-electron chi connectivity index (χ1n) is 10.2. The zero-order valence-electron chi connectivity index (χ0n) is 17.0. The van der Waals surface area contributed by atoms with Crippen LogP contribution in [0.3, 0.4) is 0 Å². The van der Waals surface area contributed by atoms with Crippen molar-refractivity contribution in [1.82, 2.24) is 0 Å². The molecule has 2 aromatic carbocycles. The molecule has 29 heavy (non-hydrogen) atoms. The van der Waals surface area contributed by atoms with Crippen molar-refractivity contribution in [1.29, 1.82) is 0 Å². The number of halogens is 1. The van der Waals surface area contributed by atoms with E-state index in [-0.39, 0.29) is 30.0 Å². The van der Waals surface area contributed by atoms with Crippen molar-refractivity contribution in [3.63, 3.8) is 0 Å². The van der Waals surface area contributed by atoms with Crippen molar-refractivity contribution in [2.45, 2.75) is 43.9 Å². The molecule has 0 amide bonds. The summed E-state index contributed by atoms with van der Waals surface area (Å²) < 4.78 is 0.927. The molecule has 154 valence electrons. The number of likely N-dealkylation sites (N-methyl/N-ethyl adjacent to an activating group) is 1. The summed E-state index contributed by atoms with van der Waals surface area (Å²) in [5, 5.41) is 14.3. The molecule has 0 spiro atoms. The molecule has 2 unspecified atom stereocenters. The van der Waals surface area contributed by atoms with Crippen molar-refractivity contribution in [2.24, 2.45) is 0 Å². The monoisotopic (exact) mass is 519 g/mol. The lowest BCUT2D eigenvalue weighted by molar-refractivity contribution is -0.940. The summed E-state index contributed by atoms with van der Waals surface area (Å²) in [5.74, 6) is 0. The SMILES string of the molecule is C[N+]1(Cc2cccs2)CCCC1C(O)(Cc1ccccc1)Cc1ccccc1.[I-]. The van der Waals surface area contributed by atoms with Crippen LogP contribution < -0.4 is 24.0 Å². The van der Waals surface area contributed by atoms with Crippen LogP contribution >= 0.6 is 11.3 Å². The van der Waals surface area contributed by atoms with Gasteiger partial charge in [0.15, 0.2) is 0 Å². The van der Waals surface area contributed by atoms with Gasteiger partial charge in [-0.3, -0.25) is 0 Å². The quantitative estimate of drug-likeness (QED) is 0.375. The molecule has 1 saturated heterocycles. The summed E-state index contributed by atoms with van der Waals surface area (Å²) in [6.07, 6.45) is 3.66. The third-order valence-electron chi connectivity index (χ3n) is 6.32. The Hall–Kier alpha value is -1.21. The van der Waals surface area contributed by atoms with Crippen molar-refractivity contribution in [2.75, 3.05) is 13.6 Å². The van der Waals surface area contributed by atoms with Crippen molar-refractivity contribution in [3.8, 4) is 0 Å². The molecular formula is C25H30INOS. The summed E-state index contributed by atoms with van der Waals surface area (Å²) in [6.45, 7) is 2.14. The average Bonchev–Trinajstić information content (AvgIpc) is 3.33. The van der Waals surface area contributed by atoms with Crippen molar-refractivity contribution >= 4 is 11.3 Å². The average molecular weight is 519 g/mol. The molecule has 2 heterocycles. The molecule has 3 aromatic rings. The van der Waals surface area contributed by atoms with Crippen LogP contribution in [0, 0.1) is 0 Å². The van der Waals surface area contributed by atoms with Gasteiger partial charge in [-0.1, -0.05) is 66.7 Å². The Morgan fingerprint density at radius 1 is 0.931 bits per heavy atom. The lowest BCUT2D eigenvalue weighted by Gasteiger charge is -2.45. The summed E-state index contributed by atoms with van der Waals surface area (Å²) in [6, 6.07) is 25.6. The molecule has 0 radical (unpaired) electrons. The van der Waals surface area contributed by atoms with E-state index < -0.39 is 5.60 Å². The fourth-order valence-electron chi connectivity index (χ4n) is 5.11. The van der Waals surface area contributed by atoms with Gasteiger partial charge in [0, 0.05) is 25.7 Å². The van der Waals surface area contributed by atoms with Gasteiger partial charge in [-0.25, -0.2) is 0 Å². The molecule has 0 saturated carbocycles. The standard InChI is InChI=1S/C25H30NOS.HI/c1-26(20-23-14-9-17-28-23)16-8-15-24(26)25(27,18-21-10-4-2-5-11-21)19-22-12-6-3-7-13-22;/h2-7,9-14,17,24,27H,8,15-16,18-20H2,1H3;1H/q+1;/p-1. The fraction of sp³-hybridized carbons (Fsp3) is 0.360. The van der Waals surface area contributed by atoms with Crippen LogP contribution in [0.15, 0.2) is 78.2 Å². The number of hydrogen-bond donors (Lipinski definition) is 1. The van der Waals surface area contributed by atoms with Gasteiger partial charge in [0.1, 0.15) is 18.2 Å². The maximum atomic E-state index is 12.2. The second-order valence-electron chi connectivity index (χ2n) is 8.53. The van der Waals surface area contributed by atoms with Gasteiger partial charge in [0.25, 0.3) is 0 Å². The summed E-state index contributed by atoms with van der Waals surface area (Å²) >= 11 is 1.83. The van der Waals surface area contributed by atoms with Crippen LogP contribution in [0.25, 0.3) is 0 Å². The van der Waals surface area contributed by atoms with Gasteiger partial charge < -0.3 is 33.6 Å². The Morgan fingerprint density at radius 2 is 1.52 bits per heavy atom. The lowest BCUT2D eigenvalue weighted by atomic mass is 9.80. The Balaban J connectivity index is 0.00000240. The maximum absolute atomic E-state index is 12.2. The minimum absolute atomic E-state index is 0. The first-order chi connectivity index (χ1) is 13.6. The molecule has 2 nitrogen and oxygen atoms in total. The first-order valence-corrected chi connectivity index (χ1v) is 11.1. The Kier molecular flexibility index (Phi) is 7.54. The van der Waals surface area contributed by atoms with Gasteiger partial charge in [-0.15, -0.1) is 11.3 Å². The van der Waals surface area contributed by atoms with Gasteiger partial charge in [-0.05, 0) is 22.6 Å². The lowest BCUT2D eigenvalue weighted by Crippen LogP contribution is -3.00. The minimum Gasteiger partial charge on any atom is -1.00 e. The predicted octanol–water partition coefficient (Wildman–Crippen LogP) is 2.08. The number of aliphatic hydroxyl groups is 1. The zero-order chi connectivity index (χ0) is 19.5. The van der Waals surface area contributed by atoms with E-state index in [1.165, 1.54) is 22.4 Å². The normalized spacial score (nSPS) is 21.7. The van der Waals surface area contributed by atoms with E-state index in [0.717, 1.165) is 24.0 Å². The van der Waals surface area contributed by atoms with Crippen molar-refractivity contribution < 1.29 is 33.6 Å². The zero-order valence-corrected chi connectivity index (χ0v) is 20.0. The van der Waals surface area contributed by atoms with Gasteiger partial charge in [-0.2, -0.15) is 0 Å². The van der Waals surface area contributed by atoms with E-state index >= 15 is 0 Å². The molecule has 1 aromatic heterocycles. The van der Waals surface area contributed by atoms with Crippen LogP contribution in [-0.4, -0.2) is 34.8 Å².